The van der Waals surface area contributed by atoms with Gasteiger partial charge < -0.3 is 14.6 Å². The summed E-state index contributed by atoms with van der Waals surface area (Å²) in [6, 6.07) is 17.5. The quantitative estimate of drug-likeness (QED) is 0.688. The number of hydrogen-bond donors (Lipinski definition) is 1. The van der Waals surface area contributed by atoms with Crippen LogP contribution in [0.1, 0.15) is 18.5 Å². The first-order valence-corrected chi connectivity index (χ1v) is 9.95. The smallest absolute Gasteiger partial charge is 0.258 e. The van der Waals surface area contributed by atoms with Gasteiger partial charge >= 0.3 is 0 Å². The molecular formula is C24H23N3O3. The SMILES string of the molecule is COc1ccc2c(=O)n(C)c(CCNC(=O)C3(C#N)CC3)c(-c3ccccc3)c2c1. The summed E-state index contributed by atoms with van der Waals surface area (Å²) < 4.78 is 7.05. The van der Waals surface area contributed by atoms with Gasteiger partial charge in [0.1, 0.15) is 11.2 Å². The van der Waals surface area contributed by atoms with Crippen LogP contribution in [-0.4, -0.2) is 24.1 Å². The monoisotopic (exact) mass is 401 g/mol. The number of rotatable bonds is 6. The molecular weight excluding hydrogens is 378 g/mol. The second kappa shape index (κ2) is 7.68. The molecule has 6 heteroatoms. The van der Waals surface area contributed by atoms with Crippen LogP contribution in [0, 0.1) is 16.7 Å². The third-order valence-electron chi connectivity index (χ3n) is 5.83. The van der Waals surface area contributed by atoms with Gasteiger partial charge in [0, 0.05) is 42.0 Å². The molecule has 4 rings (SSSR count). The average Bonchev–Trinajstić information content (AvgIpc) is 3.58. The number of ether oxygens (including phenoxy) is 1. The maximum atomic E-state index is 13.0. The lowest BCUT2D eigenvalue weighted by atomic mass is 9.95. The van der Waals surface area contributed by atoms with Crippen LogP contribution in [0.5, 0.6) is 5.75 Å². The van der Waals surface area contributed by atoms with Gasteiger partial charge in [-0.05, 0) is 36.6 Å². The summed E-state index contributed by atoms with van der Waals surface area (Å²) in [4.78, 5) is 25.4. The number of carbonyl (C=O) groups is 1. The van der Waals surface area contributed by atoms with Crippen molar-refractivity contribution in [2.24, 2.45) is 12.5 Å². The summed E-state index contributed by atoms with van der Waals surface area (Å²) in [5.41, 5.74) is 1.81. The van der Waals surface area contributed by atoms with E-state index in [1.807, 2.05) is 36.4 Å². The fourth-order valence-corrected chi connectivity index (χ4v) is 3.87. The van der Waals surface area contributed by atoms with E-state index in [0.717, 1.165) is 22.2 Å². The largest absolute Gasteiger partial charge is 0.497 e. The number of nitrogens with one attached hydrogen (secondary N) is 1. The first kappa shape index (κ1) is 19.7. The molecule has 1 aromatic heterocycles. The molecule has 1 aliphatic carbocycles. The zero-order chi connectivity index (χ0) is 21.3. The topological polar surface area (TPSA) is 84.1 Å². The molecule has 0 unspecified atom stereocenters. The Bertz CT molecular complexity index is 1220. The second-order valence-corrected chi connectivity index (χ2v) is 7.66. The minimum absolute atomic E-state index is 0.0932. The number of nitriles is 1. The van der Waals surface area contributed by atoms with Crippen LogP contribution in [0.4, 0.5) is 0 Å². The zero-order valence-corrected chi connectivity index (χ0v) is 17.1. The molecule has 0 bridgehead atoms. The Balaban J connectivity index is 1.79. The molecule has 0 spiro atoms. The van der Waals surface area contributed by atoms with Crippen molar-refractivity contribution in [2.45, 2.75) is 19.3 Å². The minimum Gasteiger partial charge on any atom is -0.497 e. The summed E-state index contributed by atoms with van der Waals surface area (Å²) in [6.45, 7) is 0.352. The van der Waals surface area contributed by atoms with E-state index in [-0.39, 0.29) is 11.5 Å². The first-order valence-electron chi connectivity index (χ1n) is 9.95. The standard InChI is InChI=1S/C24H23N3O3/c1-27-20(10-13-26-23(29)24(15-25)11-12-24)21(16-6-4-3-5-7-16)19-14-17(30-2)8-9-18(19)22(27)28/h3-9,14H,10-13H2,1-2H3,(H,26,29). The summed E-state index contributed by atoms with van der Waals surface area (Å²) in [5, 5.41) is 13.5. The van der Waals surface area contributed by atoms with Gasteiger partial charge in [-0.2, -0.15) is 5.26 Å². The molecule has 152 valence electrons. The highest BCUT2D eigenvalue weighted by atomic mass is 16.5. The van der Waals surface area contributed by atoms with E-state index < -0.39 is 5.41 Å². The lowest BCUT2D eigenvalue weighted by Gasteiger charge is -2.19. The molecule has 3 aromatic rings. The lowest BCUT2D eigenvalue weighted by Crippen LogP contribution is -2.33. The first-order chi connectivity index (χ1) is 14.5. The van der Waals surface area contributed by atoms with Gasteiger partial charge in [-0.25, -0.2) is 0 Å². The molecule has 6 nitrogen and oxygen atoms in total. The summed E-state index contributed by atoms with van der Waals surface area (Å²) in [6.07, 6.45) is 1.69. The van der Waals surface area contributed by atoms with Crippen molar-refractivity contribution >= 4 is 16.7 Å². The van der Waals surface area contributed by atoms with E-state index in [1.54, 1.807) is 30.9 Å². The summed E-state index contributed by atoms with van der Waals surface area (Å²) in [5.74, 6) is 0.454. The van der Waals surface area contributed by atoms with Crippen molar-refractivity contribution in [3.8, 4) is 22.9 Å². The number of amides is 1. The predicted octanol–water partition coefficient (Wildman–Crippen LogP) is 3.18. The van der Waals surface area contributed by atoms with Crippen molar-refractivity contribution in [3.63, 3.8) is 0 Å². The summed E-state index contributed by atoms with van der Waals surface area (Å²) in [7, 11) is 3.36. The molecule has 0 saturated heterocycles. The Hall–Kier alpha value is -3.59. The Kier molecular flexibility index (Phi) is 5.04. The van der Waals surface area contributed by atoms with E-state index in [0.29, 0.717) is 36.9 Å². The fraction of sp³-hybridized carbons (Fsp3) is 0.292. The number of hydrogen-bond acceptors (Lipinski definition) is 4. The highest BCUT2D eigenvalue weighted by Gasteiger charge is 2.50. The van der Waals surface area contributed by atoms with Crippen LogP contribution >= 0.6 is 0 Å². The highest BCUT2D eigenvalue weighted by Crippen LogP contribution is 2.45. The van der Waals surface area contributed by atoms with E-state index in [4.69, 9.17) is 4.74 Å². The second-order valence-electron chi connectivity index (χ2n) is 7.66. The van der Waals surface area contributed by atoms with Gasteiger partial charge in [0.15, 0.2) is 0 Å². The van der Waals surface area contributed by atoms with E-state index >= 15 is 0 Å². The molecule has 1 saturated carbocycles. The Labute approximate surface area is 174 Å². The molecule has 1 heterocycles. The van der Waals surface area contributed by atoms with Crippen LogP contribution in [0.2, 0.25) is 0 Å². The van der Waals surface area contributed by atoms with Crippen molar-refractivity contribution < 1.29 is 9.53 Å². The van der Waals surface area contributed by atoms with Crippen LogP contribution in [-0.2, 0) is 18.3 Å². The normalized spacial score (nSPS) is 14.2. The fourth-order valence-electron chi connectivity index (χ4n) is 3.87. The van der Waals surface area contributed by atoms with Crippen molar-refractivity contribution in [3.05, 3.63) is 64.6 Å². The predicted molar refractivity (Wildman–Crippen MR) is 115 cm³/mol. The van der Waals surface area contributed by atoms with Gasteiger partial charge in [-0.15, -0.1) is 0 Å². The Morgan fingerprint density at radius 2 is 1.93 bits per heavy atom. The molecule has 1 amide bonds. The molecule has 0 atom stereocenters. The molecule has 0 aliphatic heterocycles. The third-order valence-corrected chi connectivity index (χ3v) is 5.83. The number of fused-ring (bicyclic) bond motifs is 1. The maximum absolute atomic E-state index is 13.0. The van der Waals surface area contributed by atoms with Crippen LogP contribution < -0.4 is 15.6 Å². The number of benzene rings is 2. The molecule has 2 aromatic carbocycles. The molecule has 30 heavy (non-hydrogen) atoms. The molecule has 1 N–H and O–H groups in total. The summed E-state index contributed by atoms with van der Waals surface area (Å²) >= 11 is 0. The number of methoxy groups -OCH3 is 1. The molecule has 1 aliphatic rings. The van der Waals surface area contributed by atoms with E-state index in [9.17, 15) is 14.9 Å². The zero-order valence-electron chi connectivity index (χ0n) is 17.1. The number of carbonyl (C=O) groups excluding carboxylic acids is 1. The van der Waals surface area contributed by atoms with Gasteiger partial charge in [0.2, 0.25) is 5.91 Å². The minimum atomic E-state index is -0.856. The number of aromatic nitrogens is 1. The number of nitrogens with zero attached hydrogens (tertiary/aromatic N) is 2. The van der Waals surface area contributed by atoms with Gasteiger partial charge in [0.05, 0.1) is 13.2 Å². The van der Waals surface area contributed by atoms with Gasteiger partial charge in [-0.3, -0.25) is 9.59 Å². The van der Waals surface area contributed by atoms with Crippen LogP contribution in [0.25, 0.3) is 21.9 Å². The van der Waals surface area contributed by atoms with Crippen molar-refractivity contribution in [2.75, 3.05) is 13.7 Å². The van der Waals surface area contributed by atoms with Gasteiger partial charge in [-0.1, -0.05) is 30.3 Å². The number of pyridine rings is 1. The van der Waals surface area contributed by atoms with Gasteiger partial charge in [0.25, 0.3) is 5.56 Å². The van der Waals surface area contributed by atoms with E-state index in [2.05, 4.69) is 11.4 Å². The third kappa shape index (κ3) is 3.33. The van der Waals surface area contributed by atoms with Crippen LogP contribution in [0.3, 0.4) is 0 Å². The maximum Gasteiger partial charge on any atom is 0.258 e. The Morgan fingerprint density at radius 1 is 1.20 bits per heavy atom. The van der Waals surface area contributed by atoms with Crippen molar-refractivity contribution in [1.29, 1.82) is 5.26 Å². The lowest BCUT2D eigenvalue weighted by molar-refractivity contribution is -0.124. The van der Waals surface area contributed by atoms with Crippen molar-refractivity contribution in [1.82, 2.24) is 9.88 Å². The van der Waals surface area contributed by atoms with E-state index in [1.165, 1.54) is 0 Å². The van der Waals surface area contributed by atoms with Crippen LogP contribution in [0.15, 0.2) is 53.3 Å². The highest BCUT2D eigenvalue weighted by molar-refractivity contribution is 5.98. The molecule has 0 radical (unpaired) electrons. The molecule has 1 fully saturated rings. The average molecular weight is 401 g/mol. The Morgan fingerprint density at radius 3 is 2.57 bits per heavy atom.